The van der Waals surface area contributed by atoms with Gasteiger partial charge in [0.05, 0.1) is 0 Å². The summed E-state index contributed by atoms with van der Waals surface area (Å²) in [6.07, 6.45) is 6.93. The summed E-state index contributed by atoms with van der Waals surface area (Å²) in [6, 6.07) is 0. The van der Waals surface area contributed by atoms with Crippen LogP contribution in [0.15, 0.2) is 0 Å². The van der Waals surface area contributed by atoms with E-state index in [0.717, 1.165) is 3.93 Å². The van der Waals surface area contributed by atoms with Gasteiger partial charge in [-0.15, -0.1) is 0 Å². The van der Waals surface area contributed by atoms with Gasteiger partial charge in [0.2, 0.25) is 0 Å². The summed E-state index contributed by atoms with van der Waals surface area (Å²) in [7, 11) is 6.08. The van der Waals surface area contributed by atoms with Crippen molar-refractivity contribution in [2.75, 3.05) is 0 Å². The van der Waals surface area contributed by atoms with E-state index in [0.29, 0.717) is 5.92 Å². The first kappa shape index (κ1) is 15.5. The van der Waals surface area contributed by atoms with Gasteiger partial charge in [0.25, 0.3) is 0 Å². The van der Waals surface area contributed by atoms with Crippen molar-refractivity contribution < 1.29 is 33.2 Å². The maximum absolute atomic E-state index is 10.4. The Morgan fingerprint density at radius 2 is 1.83 bits per heavy atom. The molecule has 0 spiro atoms. The Balaban J connectivity index is 2.03. The van der Waals surface area contributed by atoms with Crippen LogP contribution in [0.1, 0.15) is 46.0 Å². The van der Waals surface area contributed by atoms with Gasteiger partial charge in [-0.1, -0.05) is 0 Å². The predicted molar refractivity (Wildman–Crippen MR) is 70.2 cm³/mol. The molecule has 1 heterocycles. The quantitative estimate of drug-likeness (QED) is 0.651. The van der Waals surface area contributed by atoms with Gasteiger partial charge in [-0.05, 0) is 0 Å². The third-order valence-corrected chi connectivity index (χ3v) is 10.00. The molecule has 1 aliphatic carbocycles. The number of hydrogen-bond donors (Lipinski definition) is 1. The molecule has 102 valence electrons. The summed E-state index contributed by atoms with van der Waals surface area (Å²) in [6.45, 7) is 4.30. The second-order valence-corrected chi connectivity index (χ2v) is 13.3. The molecule has 0 unspecified atom stereocenters. The molecule has 0 amide bonds. The number of ether oxygens (including phenoxy) is 1. The van der Waals surface area contributed by atoms with Crippen LogP contribution in [0.5, 0.6) is 0 Å². The SMILES string of the molecule is C[C@@H]1[C@@H](O)[C@@H](C)[C@@H](C2CCCCC2)O[C@H]1[CH2][Hg][Cl]. The Bertz CT molecular complexity index is 256. The molecule has 1 saturated carbocycles. The van der Waals surface area contributed by atoms with E-state index in [1.165, 1.54) is 32.1 Å². The van der Waals surface area contributed by atoms with Crippen LogP contribution in [0.2, 0.25) is 3.93 Å². The molecule has 18 heavy (non-hydrogen) atoms. The van der Waals surface area contributed by atoms with Crippen molar-refractivity contribution >= 4 is 8.25 Å². The molecular weight excluding hydrogens is 436 g/mol. The fraction of sp³-hybridized carbons (Fsp3) is 1.00. The summed E-state index contributed by atoms with van der Waals surface area (Å²) in [5.41, 5.74) is 0. The zero-order chi connectivity index (χ0) is 13.1. The molecule has 0 aromatic carbocycles. The molecule has 0 aromatic heterocycles. The normalized spacial score (nSPS) is 42.6. The summed E-state index contributed by atoms with van der Waals surface area (Å²) < 4.78 is 7.45. The number of hydrogen-bond acceptors (Lipinski definition) is 2. The van der Waals surface area contributed by atoms with E-state index in [1.54, 1.807) is 0 Å². The summed E-state index contributed by atoms with van der Waals surface area (Å²) in [5.74, 6) is 1.22. The van der Waals surface area contributed by atoms with Gasteiger partial charge in [0, 0.05) is 0 Å². The Labute approximate surface area is 127 Å². The molecule has 0 radical (unpaired) electrons. The minimum atomic E-state index is -1.20. The number of aliphatic hydroxyl groups is 1. The van der Waals surface area contributed by atoms with Gasteiger partial charge in [-0.2, -0.15) is 0 Å². The molecule has 4 heteroatoms. The Kier molecular flexibility index (Phi) is 6.25. The fourth-order valence-electron chi connectivity index (χ4n) is 3.78. The van der Waals surface area contributed by atoms with Crippen molar-refractivity contribution in [2.24, 2.45) is 17.8 Å². The van der Waals surface area contributed by atoms with E-state index in [2.05, 4.69) is 13.8 Å². The first-order valence-electron chi connectivity index (χ1n) is 7.54. The van der Waals surface area contributed by atoms with Crippen LogP contribution in [0.25, 0.3) is 0 Å². The zero-order valence-corrected chi connectivity index (χ0v) is 17.9. The molecule has 1 aliphatic heterocycles. The van der Waals surface area contributed by atoms with Gasteiger partial charge in [0.1, 0.15) is 0 Å². The second-order valence-electron chi connectivity index (χ2n) is 6.22. The summed E-state index contributed by atoms with van der Waals surface area (Å²) >= 11 is -1.20. The van der Waals surface area contributed by atoms with Crippen LogP contribution in [0, 0.1) is 17.8 Å². The van der Waals surface area contributed by atoms with E-state index in [-0.39, 0.29) is 30.1 Å². The molecule has 2 fully saturated rings. The van der Waals surface area contributed by atoms with Crippen LogP contribution >= 0.6 is 8.25 Å². The van der Waals surface area contributed by atoms with Gasteiger partial charge >= 0.3 is 127 Å². The average molecular weight is 461 g/mol. The van der Waals surface area contributed by atoms with Gasteiger partial charge < -0.3 is 0 Å². The maximum atomic E-state index is 10.4. The summed E-state index contributed by atoms with van der Waals surface area (Å²) in [4.78, 5) is 0. The Morgan fingerprint density at radius 1 is 1.17 bits per heavy atom. The van der Waals surface area contributed by atoms with E-state index in [9.17, 15) is 5.11 Å². The zero-order valence-electron chi connectivity index (χ0n) is 11.6. The number of rotatable bonds is 3. The monoisotopic (exact) mass is 462 g/mol. The third kappa shape index (κ3) is 3.42. The predicted octanol–water partition coefficient (Wildman–Crippen LogP) is 3.62. The van der Waals surface area contributed by atoms with Gasteiger partial charge in [-0.3, -0.25) is 0 Å². The van der Waals surface area contributed by atoms with Crippen LogP contribution in [0.3, 0.4) is 0 Å². The van der Waals surface area contributed by atoms with E-state index >= 15 is 0 Å². The van der Waals surface area contributed by atoms with Gasteiger partial charge in [-0.25, -0.2) is 0 Å². The first-order chi connectivity index (χ1) is 8.65. The fourth-order valence-corrected chi connectivity index (χ4v) is 9.08. The molecule has 1 saturated heterocycles. The topological polar surface area (TPSA) is 29.5 Å². The molecule has 1 N–H and O–H groups in total. The second kappa shape index (κ2) is 7.24. The van der Waals surface area contributed by atoms with E-state index < -0.39 is 23.3 Å². The number of halogens is 1. The molecule has 0 aromatic rings. The van der Waals surface area contributed by atoms with Gasteiger partial charge in [0.15, 0.2) is 0 Å². The molecule has 2 nitrogen and oxygen atoms in total. The van der Waals surface area contributed by atoms with Crippen LogP contribution < -0.4 is 0 Å². The van der Waals surface area contributed by atoms with Crippen LogP contribution in [0.4, 0.5) is 0 Å². The minimum absolute atomic E-state index is 0.202. The first-order valence-corrected chi connectivity index (χ1v) is 18.2. The summed E-state index contributed by atoms with van der Waals surface area (Å²) in [5, 5.41) is 10.4. The molecule has 2 aliphatic rings. The van der Waals surface area contributed by atoms with Crippen LogP contribution in [-0.4, -0.2) is 23.4 Å². The van der Waals surface area contributed by atoms with Crippen LogP contribution in [-0.2, 0) is 28.1 Å². The van der Waals surface area contributed by atoms with E-state index in [1.807, 2.05) is 0 Å². The Morgan fingerprint density at radius 3 is 2.44 bits per heavy atom. The van der Waals surface area contributed by atoms with Crippen molar-refractivity contribution in [1.82, 2.24) is 0 Å². The van der Waals surface area contributed by atoms with E-state index in [4.69, 9.17) is 13.0 Å². The Hall–Kier alpha value is 1.15. The van der Waals surface area contributed by atoms with Crippen molar-refractivity contribution in [3.63, 3.8) is 0 Å². The molecule has 5 atom stereocenters. The third-order valence-electron chi connectivity index (χ3n) is 5.02. The number of aliphatic hydroxyl groups excluding tert-OH is 1. The molecule has 2 rings (SSSR count). The van der Waals surface area contributed by atoms with Crippen molar-refractivity contribution in [1.29, 1.82) is 0 Å². The standard InChI is InChI=1S/C14H25O2.ClH.Hg/c1-9-11(3)16-14(10(2)13(9)15)12-7-5-4-6-8-12;;/h9-15H,3-8H2,1-2H3;1H;/q;;+1/p-1/t9-,10+,11-,13+,14-;;/m0../s1. The molecular formula is C14H25ClHgO2. The van der Waals surface area contributed by atoms with Crippen molar-refractivity contribution in [3.8, 4) is 0 Å². The van der Waals surface area contributed by atoms with Crippen molar-refractivity contribution in [3.05, 3.63) is 0 Å². The van der Waals surface area contributed by atoms with Crippen molar-refractivity contribution in [2.45, 2.75) is 68.2 Å². The average Bonchev–Trinajstić information content (AvgIpc) is 2.40. The molecule has 0 bridgehead atoms.